The zero-order chi connectivity index (χ0) is 13.5. The first-order chi connectivity index (χ1) is 8.38. The Bertz CT molecular complexity index is 550. The van der Waals surface area contributed by atoms with Gasteiger partial charge in [0.2, 0.25) is 0 Å². The Morgan fingerprint density at radius 2 is 1.78 bits per heavy atom. The van der Waals surface area contributed by atoms with Crippen molar-refractivity contribution < 1.29 is 24.6 Å². The number of hydrogen-bond acceptors (Lipinski definition) is 3. The zero-order valence-electron chi connectivity index (χ0n) is 9.14. The van der Waals surface area contributed by atoms with Gasteiger partial charge in [-0.2, -0.15) is 0 Å². The Balaban J connectivity index is 2.62. The fraction of sp³-hybridized carbons (Fsp3) is 0.250. The Kier molecular flexibility index (Phi) is 2.86. The molecule has 0 heterocycles. The van der Waals surface area contributed by atoms with Crippen LogP contribution in [0.1, 0.15) is 22.3 Å². The molecule has 0 amide bonds. The second kappa shape index (κ2) is 4.10. The number of aliphatic carboxylic acids is 2. The van der Waals surface area contributed by atoms with Crippen LogP contribution in [0.5, 0.6) is 0 Å². The number of carbonyl (C=O) groups is 3. The van der Waals surface area contributed by atoms with Gasteiger partial charge >= 0.3 is 11.9 Å². The van der Waals surface area contributed by atoms with Crippen molar-refractivity contribution >= 4 is 29.3 Å². The van der Waals surface area contributed by atoms with E-state index in [1.807, 2.05) is 0 Å². The van der Waals surface area contributed by atoms with Crippen LogP contribution in [0.2, 0.25) is 5.02 Å². The largest absolute Gasteiger partial charge is 0.480 e. The van der Waals surface area contributed by atoms with Crippen LogP contribution in [-0.2, 0) is 16.0 Å². The van der Waals surface area contributed by atoms with Gasteiger partial charge in [-0.15, -0.1) is 0 Å². The first-order valence-corrected chi connectivity index (χ1v) is 5.53. The molecule has 5 nitrogen and oxygen atoms in total. The van der Waals surface area contributed by atoms with E-state index >= 15 is 0 Å². The van der Waals surface area contributed by atoms with Gasteiger partial charge in [-0.05, 0) is 11.6 Å². The van der Waals surface area contributed by atoms with E-state index in [1.165, 1.54) is 12.1 Å². The van der Waals surface area contributed by atoms with Crippen molar-refractivity contribution in [2.24, 2.45) is 5.41 Å². The summed E-state index contributed by atoms with van der Waals surface area (Å²) in [6.45, 7) is 0. The van der Waals surface area contributed by atoms with E-state index in [1.54, 1.807) is 6.07 Å². The van der Waals surface area contributed by atoms with Gasteiger partial charge in [0.05, 0.1) is 0 Å². The number of hydrogen-bond donors (Lipinski definition) is 2. The highest BCUT2D eigenvalue weighted by atomic mass is 35.5. The van der Waals surface area contributed by atoms with Crippen LogP contribution in [0.4, 0.5) is 0 Å². The topological polar surface area (TPSA) is 91.7 Å². The standard InChI is InChI=1S/C12H9ClO5/c13-8-3-1-2-6-7(8)4-12(10(15)16,11(17)18)5-9(6)14/h1-3H,4-5H2,(H,15,16)(H,17,18). The maximum atomic E-state index is 11.9. The van der Waals surface area contributed by atoms with E-state index in [0.717, 1.165) is 0 Å². The monoisotopic (exact) mass is 268 g/mol. The number of benzene rings is 1. The lowest BCUT2D eigenvalue weighted by Crippen LogP contribution is -2.46. The SMILES string of the molecule is O=C1CC(C(=O)O)(C(=O)O)Cc2c(Cl)cccc21. The summed E-state index contributed by atoms with van der Waals surface area (Å²) in [4.78, 5) is 34.3. The average Bonchev–Trinajstić information content (AvgIpc) is 2.29. The van der Waals surface area contributed by atoms with Crippen molar-refractivity contribution in [2.45, 2.75) is 12.8 Å². The Morgan fingerprint density at radius 3 is 2.33 bits per heavy atom. The third-order valence-corrected chi connectivity index (χ3v) is 3.53. The number of ketones is 1. The van der Waals surface area contributed by atoms with E-state index in [4.69, 9.17) is 21.8 Å². The van der Waals surface area contributed by atoms with Gasteiger partial charge in [0.25, 0.3) is 0 Å². The molecule has 0 aliphatic heterocycles. The van der Waals surface area contributed by atoms with Crippen molar-refractivity contribution in [3.8, 4) is 0 Å². The molecule has 0 unspecified atom stereocenters. The predicted octanol–water partition coefficient (Wildman–Crippen LogP) is 1.62. The first-order valence-electron chi connectivity index (χ1n) is 5.16. The third-order valence-electron chi connectivity index (χ3n) is 3.18. The Labute approximate surface area is 107 Å². The minimum atomic E-state index is -2.12. The van der Waals surface area contributed by atoms with Crippen LogP contribution in [0, 0.1) is 5.41 Å². The van der Waals surface area contributed by atoms with Crippen molar-refractivity contribution in [3.63, 3.8) is 0 Å². The number of fused-ring (bicyclic) bond motifs is 1. The number of rotatable bonds is 2. The summed E-state index contributed by atoms with van der Waals surface area (Å²) >= 11 is 5.91. The molecular weight excluding hydrogens is 260 g/mol. The lowest BCUT2D eigenvalue weighted by molar-refractivity contribution is -0.164. The fourth-order valence-electron chi connectivity index (χ4n) is 2.13. The number of carbonyl (C=O) groups excluding carboxylic acids is 1. The highest BCUT2D eigenvalue weighted by Gasteiger charge is 2.51. The van der Waals surface area contributed by atoms with Gasteiger partial charge in [0, 0.05) is 23.4 Å². The van der Waals surface area contributed by atoms with Crippen molar-refractivity contribution in [1.29, 1.82) is 0 Å². The lowest BCUT2D eigenvalue weighted by atomic mass is 9.71. The zero-order valence-corrected chi connectivity index (χ0v) is 9.90. The predicted molar refractivity (Wildman–Crippen MR) is 61.8 cm³/mol. The number of Topliss-reactive ketones (excluding diaryl/α,β-unsaturated/α-hetero) is 1. The summed E-state index contributed by atoms with van der Waals surface area (Å²) in [5.41, 5.74) is -1.52. The maximum absolute atomic E-state index is 11.9. The minimum Gasteiger partial charge on any atom is -0.480 e. The van der Waals surface area contributed by atoms with Crippen LogP contribution in [0.15, 0.2) is 18.2 Å². The second-order valence-corrected chi connectivity index (χ2v) is 4.64. The molecule has 18 heavy (non-hydrogen) atoms. The van der Waals surface area contributed by atoms with Gasteiger partial charge < -0.3 is 10.2 Å². The van der Waals surface area contributed by atoms with E-state index in [2.05, 4.69) is 0 Å². The second-order valence-electron chi connectivity index (χ2n) is 4.24. The summed E-state index contributed by atoms with van der Waals surface area (Å²) in [6, 6.07) is 4.61. The quantitative estimate of drug-likeness (QED) is 0.795. The van der Waals surface area contributed by atoms with Gasteiger partial charge in [-0.1, -0.05) is 23.7 Å². The van der Waals surface area contributed by atoms with Crippen molar-refractivity contribution in [2.75, 3.05) is 0 Å². The van der Waals surface area contributed by atoms with Gasteiger partial charge in [0.15, 0.2) is 11.2 Å². The Morgan fingerprint density at radius 1 is 1.17 bits per heavy atom. The molecule has 1 aromatic carbocycles. The molecule has 0 aromatic heterocycles. The molecule has 0 fully saturated rings. The highest BCUT2D eigenvalue weighted by Crippen LogP contribution is 2.39. The average molecular weight is 269 g/mol. The molecule has 0 bridgehead atoms. The van der Waals surface area contributed by atoms with E-state index in [9.17, 15) is 14.4 Å². The molecule has 94 valence electrons. The van der Waals surface area contributed by atoms with Crippen LogP contribution in [0.3, 0.4) is 0 Å². The molecule has 2 N–H and O–H groups in total. The van der Waals surface area contributed by atoms with Gasteiger partial charge in [-0.3, -0.25) is 14.4 Å². The molecule has 0 saturated heterocycles. The summed E-state index contributed by atoms with van der Waals surface area (Å²) in [6.07, 6.45) is -0.830. The third kappa shape index (κ3) is 1.67. The van der Waals surface area contributed by atoms with Crippen LogP contribution in [0.25, 0.3) is 0 Å². The summed E-state index contributed by atoms with van der Waals surface area (Å²) in [7, 11) is 0. The van der Waals surface area contributed by atoms with Crippen molar-refractivity contribution in [1.82, 2.24) is 0 Å². The Hall–Kier alpha value is -1.88. The number of carboxylic acids is 2. The summed E-state index contributed by atoms with van der Waals surface area (Å²) < 4.78 is 0. The van der Waals surface area contributed by atoms with Crippen LogP contribution < -0.4 is 0 Å². The first kappa shape index (κ1) is 12.6. The van der Waals surface area contributed by atoms with E-state index < -0.39 is 29.6 Å². The molecule has 6 heteroatoms. The molecule has 1 aromatic rings. The van der Waals surface area contributed by atoms with Crippen molar-refractivity contribution in [3.05, 3.63) is 34.3 Å². The molecular formula is C12H9ClO5. The fourth-order valence-corrected chi connectivity index (χ4v) is 2.37. The van der Waals surface area contributed by atoms with Crippen LogP contribution >= 0.6 is 11.6 Å². The van der Waals surface area contributed by atoms with Gasteiger partial charge in [-0.25, -0.2) is 0 Å². The maximum Gasteiger partial charge on any atom is 0.321 e. The summed E-state index contributed by atoms with van der Waals surface area (Å²) in [5.74, 6) is -3.55. The van der Waals surface area contributed by atoms with E-state index in [0.29, 0.717) is 11.1 Å². The smallest absolute Gasteiger partial charge is 0.321 e. The van der Waals surface area contributed by atoms with E-state index in [-0.39, 0.29) is 11.4 Å². The molecule has 0 radical (unpaired) electrons. The number of carboxylic acid groups (broad SMARTS) is 2. The molecule has 2 rings (SSSR count). The molecule has 0 saturated carbocycles. The molecule has 0 atom stereocenters. The molecule has 0 spiro atoms. The molecule has 1 aliphatic rings. The minimum absolute atomic E-state index is 0.215. The summed E-state index contributed by atoms with van der Waals surface area (Å²) in [5, 5.41) is 18.4. The number of halogens is 1. The van der Waals surface area contributed by atoms with Crippen LogP contribution in [-0.4, -0.2) is 27.9 Å². The highest BCUT2D eigenvalue weighted by molar-refractivity contribution is 6.32. The normalized spacial score (nSPS) is 17.1. The molecule has 1 aliphatic carbocycles. The van der Waals surface area contributed by atoms with Gasteiger partial charge in [0.1, 0.15) is 0 Å². The lowest BCUT2D eigenvalue weighted by Gasteiger charge is -2.30.